The molecule has 0 saturated heterocycles. The molecule has 0 aliphatic carbocycles. The smallest absolute Gasteiger partial charge is 0.258 e. The number of rotatable bonds is 5. The van der Waals surface area contributed by atoms with Crippen molar-refractivity contribution in [2.45, 2.75) is 44.0 Å². The van der Waals surface area contributed by atoms with Crippen molar-refractivity contribution in [1.29, 1.82) is 0 Å². The molecule has 0 spiro atoms. The molecule has 0 unspecified atom stereocenters. The van der Waals surface area contributed by atoms with Crippen molar-refractivity contribution in [3.05, 3.63) is 95.1 Å². The Morgan fingerprint density at radius 2 is 1.66 bits per heavy atom. The molecule has 1 N–H and O–H groups in total. The molecule has 5 nitrogen and oxygen atoms in total. The van der Waals surface area contributed by atoms with Crippen LogP contribution in [0.1, 0.15) is 47.8 Å². The van der Waals surface area contributed by atoms with E-state index in [1.807, 2.05) is 60.7 Å². The van der Waals surface area contributed by atoms with E-state index in [9.17, 15) is 13.2 Å². The summed E-state index contributed by atoms with van der Waals surface area (Å²) in [6.45, 7) is 7.10. The van der Waals surface area contributed by atoms with Gasteiger partial charge in [-0.1, -0.05) is 63.2 Å². The largest absolute Gasteiger partial charge is 0.308 e. The normalized spacial score (nSPS) is 13.8. The van der Waals surface area contributed by atoms with E-state index < -0.39 is 10.0 Å². The SMILES string of the molecule is CC(C)(C)c1ccc(S(=O)(=O)NCc2ccc3c(c2)CCN3C(=O)c2ccccc2)cc1. The lowest BCUT2D eigenvalue weighted by Gasteiger charge is -2.19. The van der Waals surface area contributed by atoms with Crippen molar-refractivity contribution < 1.29 is 13.2 Å². The highest BCUT2D eigenvalue weighted by Gasteiger charge is 2.26. The monoisotopic (exact) mass is 448 g/mol. The van der Waals surface area contributed by atoms with Gasteiger partial charge in [-0.25, -0.2) is 13.1 Å². The molecule has 1 heterocycles. The summed E-state index contributed by atoms with van der Waals surface area (Å²) in [4.78, 5) is 14.9. The Hall–Kier alpha value is -2.96. The molecule has 0 fully saturated rings. The number of benzene rings is 3. The minimum absolute atomic E-state index is 0.0171. The highest BCUT2D eigenvalue weighted by Crippen LogP contribution is 2.30. The van der Waals surface area contributed by atoms with Gasteiger partial charge in [-0.15, -0.1) is 0 Å². The van der Waals surface area contributed by atoms with Gasteiger partial charge in [-0.3, -0.25) is 4.79 Å². The molecule has 6 heteroatoms. The van der Waals surface area contributed by atoms with Gasteiger partial charge in [-0.2, -0.15) is 0 Å². The first-order chi connectivity index (χ1) is 15.1. The number of hydrogen-bond acceptors (Lipinski definition) is 3. The lowest BCUT2D eigenvalue weighted by Crippen LogP contribution is -2.28. The molecule has 166 valence electrons. The van der Waals surface area contributed by atoms with E-state index >= 15 is 0 Å². The van der Waals surface area contributed by atoms with Crippen LogP contribution in [0.2, 0.25) is 0 Å². The quantitative estimate of drug-likeness (QED) is 0.617. The summed E-state index contributed by atoms with van der Waals surface area (Å²) in [5.41, 5.74) is 4.53. The zero-order valence-electron chi connectivity index (χ0n) is 18.6. The summed E-state index contributed by atoms with van der Waals surface area (Å²) < 4.78 is 28.2. The van der Waals surface area contributed by atoms with Crippen LogP contribution in [0.4, 0.5) is 5.69 Å². The minimum atomic E-state index is -3.61. The van der Waals surface area contributed by atoms with Crippen LogP contribution in [0.5, 0.6) is 0 Å². The number of anilines is 1. The molecule has 4 rings (SSSR count). The Labute approximate surface area is 190 Å². The summed E-state index contributed by atoms with van der Waals surface area (Å²) in [6, 6.07) is 22.0. The topological polar surface area (TPSA) is 66.5 Å². The molecular formula is C26H28N2O3S. The van der Waals surface area contributed by atoms with Crippen LogP contribution in [-0.4, -0.2) is 20.9 Å². The van der Waals surface area contributed by atoms with Gasteiger partial charge < -0.3 is 4.90 Å². The summed E-state index contributed by atoms with van der Waals surface area (Å²) >= 11 is 0. The molecule has 0 saturated carbocycles. The van der Waals surface area contributed by atoms with Gasteiger partial charge in [0.1, 0.15) is 0 Å². The summed E-state index contributed by atoms with van der Waals surface area (Å²) in [5.74, 6) is -0.0171. The molecule has 1 aliphatic rings. The number of carbonyl (C=O) groups excluding carboxylic acids is 1. The molecule has 0 aromatic heterocycles. The fraction of sp³-hybridized carbons (Fsp3) is 0.269. The van der Waals surface area contributed by atoms with Crippen molar-refractivity contribution in [3.63, 3.8) is 0 Å². The van der Waals surface area contributed by atoms with E-state index in [0.29, 0.717) is 12.1 Å². The summed E-state index contributed by atoms with van der Waals surface area (Å²) in [7, 11) is -3.61. The number of amides is 1. The van der Waals surface area contributed by atoms with Gasteiger partial charge >= 0.3 is 0 Å². The summed E-state index contributed by atoms with van der Waals surface area (Å²) in [5, 5.41) is 0. The maximum atomic E-state index is 12.8. The number of sulfonamides is 1. The molecule has 32 heavy (non-hydrogen) atoms. The zero-order valence-corrected chi connectivity index (χ0v) is 19.4. The number of nitrogens with one attached hydrogen (secondary N) is 1. The molecule has 3 aromatic rings. The first-order valence-corrected chi connectivity index (χ1v) is 12.2. The van der Waals surface area contributed by atoms with Gasteiger partial charge in [0, 0.05) is 24.3 Å². The second kappa shape index (κ2) is 8.52. The Balaban J connectivity index is 1.46. The first kappa shape index (κ1) is 22.2. The van der Waals surface area contributed by atoms with Crippen molar-refractivity contribution in [1.82, 2.24) is 4.72 Å². The van der Waals surface area contributed by atoms with Crippen LogP contribution < -0.4 is 9.62 Å². The van der Waals surface area contributed by atoms with Crippen molar-refractivity contribution in [2.24, 2.45) is 0 Å². The van der Waals surface area contributed by atoms with E-state index in [2.05, 4.69) is 25.5 Å². The Bertz CT molecular complexity index is 1230. The van der Waals surface area contributed by atoms with Crippen LogP contribution in [-0.2, 0) is 28.4 Å². The van der Waals surface area contributed by atoms with E-state index in [1.54, 1.807) is 17.0 Å². The number of nitrogens with zero attached hydrogens (tertiary/aromatic N) is 1. The van der Waals surface area contributed by atoms with Gasteiger partial charge in [0.25, 0.3) is 5.91 Å². The predicted octanol–water partition coefficient (Wildman–Crippen LogP) is 4.67. The van der Waals surface area contributed by atoms with Crippen LogP contribution in [0.25, 0.3) is 0 Å². The fourth-order valence-electron chi connectivity index (χ4n) is 3.91. The molecule has 3 aromatic carbocycles. The van der Waals surface area contributed by atoms with Gasteiger partial charge in [0.2, 0.25) is 10.0 Å². The Morgan fingerprint density at radius 1 is 0.969 bits per heavy atom. The third-order valence-electron chi connectivity index (χ3n) is 5.80. The highest BCUT2D eigenvalue weighted by atomic mass is 32.2. The van der Waals surface area contributed by atoms with Crippen molar-refractivity contribution in [2.75, 3.05) is 11.4 Å². The van der Waals surface area contributed by atoms with Crippen LogP contribution in [0.3, 0.4) is 0 Å². The molecule has 1 aliphatic heterocycles. The van der Waals surface area contributed by atoms with E-state index in [4.69, 9.17) is 0 Å². The molecule has 1 amide bonds. The van der Waals surface area contributed by atoms with Gasteiger partial charge in [-0.05, 0) is 58.9 Å². The molecular weight excluding hydrogens is 420 g/mol. The van der Waals surface area contributed by atoms with Crippen LogP contribution in [0.15, 0.2) is 77.7 Å². The average Bonchev–Trinajstić information content (AvgIpc) is 3.20. The highest BCUT2D eigenvalue weighted by molar-refractivity contribution is 7.89. The van der Waals surface area contributed by atoms with Gasteiger partial charge in [0.05, 0.1) is 4.90 Å². The second-order valence-corrected chi connectivity index (χ2v) is 10.9. The van der Waals surface area contributed by atoms with Crippen LogP contribution in [0, 0.1) is 0 Å². The predicted molar refractivity (Wildman–Crippen MR) is 127 cm³/mol. The first-order valence-electron chi connectivity index (χ1n) is 10.7. The maximum absolute atomic E-state index is 12.8. The third-order valence-corrected chi connectivity index (χ3v) is 7.22. The molecule has 0 radical (unpaired) electrons. The maximum Gasteiger partial charge on any atom is 0.258 e. The lowest BCUT2D eigenvalue weighted by atomic mass is 9.87. The Morgan fingerprint density at radius 3 is 2.31 bits per heavy atom. The van der Waals surface area contributed by atoms with Crippen molar-refractivity contribution >= 4 is 21.6 Å². The average molecular weight is 449 g/mol. The minimum Gasteiger partial charge on any atom is -0.308 e. The summed E-state index contributed by atoms with van der Waals surface area (Å²) in [6.07, 6.45) is 0.753. The third kappa shape index (κ3) is 4.61. The molecule has 0 bridgehead atoms. The van der Waals surface area contributed by atoms with Gasteiger partial charge in [0.15, 0.2) is 0 Å². The van der Waals surface area contributed by atoms with E-state index in [0.717, 1.165) is 28.8 Å². The van der Waals surface area contributed by atoms with E-state index in [1.165, 1.54) is 0 Å². The Kier molecular flexibility index (Phi) is 5.93. The van der Waals surface area contributed by atoms with E-state index in [-0.39, 0.29) is 22.8 Å². The second-order valence-electron chi connectivity index (χ2n) is 9.13. The zero-order chi connectivity index (χ0) is 22.9. The van der Waals surface area contributed by atoms with Crippen molar-refractivity contribution in [3.8, 4) is 0 Å². The number of fused-ring (bicyclic) bond motifs is 1. The standard InChI is InChI=1S/C26H28N2O3S/c1-26(2,3)22-10-12-23(13-11-22)32(30,31)27-18-19-9-14-24-21(17-19)15-16-28(24)25(29)20-7-5-4-6-8-20/h4-14,17,27H,15-16,18H2,1-3H3. The number of hydrogen-bond donors (Lipinski definition) is 1. The fourth-order valence-corrected chi connectivity index (χ4v) is 4.93. The van der Waals surface area contributed by atoms with Crippen LogP contribution >= 0.6 is 0 Å². The number of carbonyl (C=O) groups is 1. The lowest BCUT2D eigenvalue weighted by molar-refractivity contribution is 0.0989. The molecule has 0 atom stereocenters.